The van der Waals surface area contributed by atoms with Gasteiger partial charge in [-0.1, -0.05) is 37.3 Å². The summed E-state index contributed by atoms with van der Waals surface area (Å²) < 4.78 is 0. The van der Waals surface area contributed by atoms with Crippen LogP contribution < -0.4 is 10.6 Å². The van der Waals surface area contributed by atoms with Gasteiger partial charge in [0.05, 0.1) is 10.6 Å². The van der Waals surface area contributed by atoms with E-state index in [1.807, 2.05) is 30.3 Å². The first-order valence-electron chi connectivity index (χ1n) is 7.76. The molecule has 2 aromatic carbocycles. The van der Waals surface area contributed by atoms with Crippen LogP contribution in [0.25, 0.3) is 0 Å². The maximum absolute atomic E-state index is 12.0. The molecular formula is C18H19N3O3. The molecule has 0 aromatic heterocycles. The van der Waals surface area contributed by atoms with Gasteiger partial charge in [-0.25, -0.2) is 0 Å². The Morgan fingerprint density at radius 1 is 1.29 bits per heavy atom. The van der Waals surface area contributed by atoms with Crippen LogP contribution in [0, 0.1) is 10.1 Å². The number of hydrogen-bond acceptors (Lipinski definition) is 4. The molecule has 0 spiro atoms. The molecule has 1 aliphatic heterocycles. The van der Waals surface area contributed by atoms with E-state index in [1.54, 1.807) is 11.0 Å². The van der Waals surface area contributed by atoms with Crippen molar-refractivity contribution in [3.05, 3.63) is 63.7 Å². The van der Waals surface area contributed by atoms with Crippen molar-refractivity contribution in [1.82, 2.24) is 0 Å². The molecule has 0 fully saturated rings. The molecule has 2 N–H and O–H groups in total. The predicted octanol–water partition coefficient (Wildman–Crippen LogP) is 3.24. The van der Waals surface area contributed by atoms with Crippen LogP contribution in [0.4, 0.5) is 17.1 Å². The summed E-state index contributed by atoms with van der Waals surface area (Å²) in [4.78, 5) is 24.3. The largest absolute Gasteiger partial charge is 0.393 e. The number of carbonyl (C=O) groups is 1. The van der Waals surface area contributed by atoms with Gasteiger partial charge in [0.2, 0.25) is 5.91 Å². The molecule has 0 aliphatic carbocycles. The van der Waals surface area contributed by atoms with Crippen LogP contribution in [0.15, 0.2) is 42.5 Å². The van der Waals surface area contributed by atoms with E-state index in [1.165, 1.54) is 13.0 Å². The summed E-state index contributed by atoms with van der Waals surface area (Å²) in [5, 5.41) is 11.2. The molecule has 1 amide bonds. The van der Waals surface area contributed by atoms with Crippen LogP contribution in [0.2, 0.25) is 0 Å². The van der Waals surface area contributed by atoms with Gasteiger partial charge in [-0.3, -0.25) is 14.9 Å². The number of benzene rings is 2. The third-order valence-corrected chi connectivity index (χ3v) is 4.85. The maximum atomic E-state index is 12.0. The zero-order valence-corrected chi connectivity index (χ0v) is 13.7. The molecule has 1 atom stereocenters. The highest BCUT2D eigenvalue weighted by Crippen LogP contribution is 2.47. The first kappa shape index (κ1) is 16.0. The zero-order valence-electron chi connectivity index (χ0n) is 13.7. The third kappa shape index (κ3) is 2.40. The van der Waals surface area contributed by atoms with Gasteiger partial charge in [0.25, 0.3) is 5.69 Å². The van der Waals surface area contributed by atoms with Crippen LogP contribution in [-0.4, -0.2) is 17.4 Å². The van der Waals surface area contributed by atoms with E-state index in [-0.39, 0.29) is 22.7 Å². The number of nitrogens with two attached hydrogens (primary N) is 1. The fraction of sp³-hybridized carbons (Fsp3) is 0.278. The molecule has 0 radical (unpaired) electrons. The lowest BCUT2D eigenvalue weighted by atomic mass is 9.70. The summed E-state index contributed by atoms with van der Waals surface area (Å²) in [6, 6.07) is 13.0. The van der Waals surface area contributed by atoms with Gasteiger partial charge in [0, 0.05) is 24.9 Å². The Bertz CT molecular complexity index is 820. The molecular weight excluding hydrogens is 306 g/mol. The lowest BCUT2D eigenvalue weighted by Crippen LogP contribution is -2.41. The summed E-state index contributed by atoms with van der Waals surface area (Å²) in [6.45, 7) is 4.07. The second-order valence-electron chi connectivity index (χ2n) is 6.30. The van der Waals surface area contributed by atoms with Crippen LogP contribution in [0.3, 0.4) is 0 Å². The fourth-order valence-electron chi connectivity index (χ4n) is 3.44. The minimum Gasteiger partial charge on any atom is -0.393 e. The van der Waals surface area contributed by atoms with Gasteiger partial charge in [0.1, 0.15) is 5.69 Å². The number of nitrogen functional groups attached to an aromatic ring is 1. The second-order valence-corrected chi connectivity index (χ2v) is 6.30. The molecule has 0 bridgehead atoms. The lowest BCUT2D eigenvalue weighted by molar-refractivity contribution is -0.383. The third-order valence-electron chi connectivity index (χ3n) is 4.85. The van der Waals surface area contributed by atoms with Crippen molar-refractivity contribution in [2.75, 3.05) is 17.2 Å². The maximum Gasteiger partial charge on any atom is 0.294 e. The highest BCUT2D eigenvalue weighted by atomic mass is 16.6. The minimum absolute atomic E-state index is 0.117. The number of anilines is 2. The first-order valence-corrected chi connectivity index (χ1v) is 7.76. The monoisotopic (exact) mass is 325 g/mol. The van der Waals surface area contributed by atoms with Gasteiger partial charge >= 0.3 is 0 Å². The van der Waals surface area contributed by atoms with Gasteiger partial charge < -0.3 is 10.6 Å². The molecule has 1 heterocycles. The highest BCUT2D eigenvalue weighted by Gasteiger charge is 2.39. The summed E-state index contributed by atoms with van der Waals surface area (Å²) >= 11 is 0. The van der Waals surface area contributed by atoms with Crippen molar-refractivity contribution < 1.29 is 9.72 Å². The smallest absolute Gasteiger partial charge is 0.294 e. The molecule has 1 unspecified atom stereocenters. The molecule has 6 nitrogen and oxygen atoms in total. The lowest BCUT2D eigenvalue weighted by Gasteiger charge is -2.41. The van der Waals surface area contributed by atoms with Gasteiger partial charge in [-0.05, 0) is 23.6 Å². The second kappa shape index (κ2) is 5.63. The fourth-order valence-corrected chi connectivity index (χ4v) is 3.44. The van der Waals surface area contributed by atoms with Crippen LogP contribution >= 0.6 is 0 Å². The van der Waals surface area contributed by atoms with Gasteiger partial charge in [-0.2, -0.15) is 0 Å². The molecule has 0 saturated heterocycles. The van der Waals surface area contributed by atoms with E-state index >= 15 is 0 Å². The van der Waals surface area contributed by atoms with Gasteiger partial charge in [-0.15, -0.1) is 0 Å². The van der Waals surface area contributed by atoms with Crippen molar-refractivity contribution >= 4 is 23.0 Å². The van der Waals surface area contributed by atoms with Crippen LogP contribution in [0.5, 0.6) is 0 Å². The van der Waals surface area contributed by atoms with E-state index in [2.05, 4.69) is 6.92 Å². The number of fused-ring (bicyclic) bond motifs is 1. The number of amides is 1. The Morgan fingerprint density at radius 3 is 2.54 bits per heavy atom. The molecule has 3 rings (SSSR count). The number of nitro benzene ring substituents is 1. The quantitative estimate of drug-likeness (QED) is 0.521. The normalized spacial score (nSPS) is 19.7. The SMILES string of the molecule is CC(=O)N1CCC(C)(c2ccccc2)c2cc(N)c([N+](=O)[O-])cc21. The summed E-state index contributed by atoms with van der Waals surface area (Å²) in [5.74, 6) is -0.134. The number of hydrogen-bond donors (Lipinski definition) is 1. The predicted molar refractivity (Wildman–Crippen MR) is 93.0 cm³/mol. The number of rotatable bonds is 2. The Kier molecular flexibility index (Phi) is 3.75. The Hall–Kier alpha value is -2.89. The Balaban J connectivity index is 2.26. The number of nitro groups is 1. The molecule has 1 aliphatic rings. The van der Waals surface area contributed by atoms with Crippen molar-refractivity contribution in [3.63, 3.8) is 0 Å². The molecule has 2 aromatic rings. The molecule has 24 heavy (non-hydrogen) atoms. The Morgan fingerprint density at radius 2 is 1.96 bits per heavy atom. The zero-order chi connectivity index (χ0) is 17.5. The van der Waals surface area contributed by atoms with E-state index in [4.69, 9.17) is 5.73 Å². The van der Waals surface area contributed by atoms with Crippen molar-refractivity contribution in [2.45, 2.75) is 25.7 Å². The van der Waals surface area contributed by atoms with Crippen molar-refractivity contribution in [3.8, 4) is 0 Å². The molecule has 6 heteroatoms. The molecule has 124 valence electrons. The molecule has 0 saturated carbocycles. The van der Waals surface area contributed by atoms with Crippen molar-refractivity contribution in [2.24, 2.45) is 0 Å². The average Bonchev–Trinajstić information content (AvgIpc) is 2.55. The first-order chi connectivity index (χ1) is 11.3. The highest BCUT2D eigenvalue weighted by molar-refractivity contribution is 5.94. The summed E-state index contributed by atoms with van der Waals surface area (Å²) in [5.41, 5.74) is 8.03. The van der Waals surface area contributed by atoms with E-state index in [9.17, 15) is 14.9 Å². The van der Waals surface area contributed by atoms with E-state index in [0.29, 0.717) is 12.2 Å². The van der Waals surface area contributed by atoms with E-state index < -0.39 is 4.92 Å². The topological polar surface area (TPSA) is 89.5 Å². The number of nitrogens with zero attached hydrogens (tertiary/aromatic N) is 2. The minimum atomic E-state index is -0.512. The van der Waals surface area contributed by atoms with Crippen LogP contribution in [0.1, 0.15) is 31.4 Å². The Labute approximate surface area is 140 Å². The average molecular weight is 325 g/mol. The summed E-state index contributed by atoms with van der Waals surface area (Å²) in [6.07, 6.45) is 0.723. The standard InChI is InChI=1S/C18H19N3O3/c1-12(22)20-9-8-18(2,13-6-4-3-5-7-13)14-10-15(19)17(21(23)24)11-16(14)20/h3-7,10-11H,8-9,19H2,1-2H3. The summed E-state index contributed by atoms with van der Waals surface area (Å²) in [7, 11) is 0. The number of carbonyl (C=O) groups excluding carboxylic acids is 1. The van der Waals surface area contributed by atoms with Crippen molar-refractivity contribution in [1.29, 1.82) is 0 Å². The van der Waals surface area contributed by atoms with Gasteiger partial charge in [0.15, 0.2) is 0 Å². The van der Waals surface area contributed by atoms with E-state index in [0.717, 1.165) is 17.5 Å². The van der Waals surface area contributed by atoms with Crippen LogP contribution in [-0.2, 0) is 10.2 Å².